The maximum Gasteiger partial charge on any atom is 0.243 e. The first-order valence-electron chi connectivity index (χ1n) is 11.9. The number of amides is 1. The van der Waals surface area contributed by atoms with E-state index in [1.807, 2.05) is 12.1 Å². The van der Waals surface area contributed by atoms with Crippen molar-refractivity contribution in [1.82, 2.24) is 15.3 Å². The van der Waals surface area contributed by atoms with Crippen LogP contribution in [0, 0.1) is 0 Å². The Balaban J connectivity index is 1.55. The zero-order valence-corrected chi connectivity index (χ0v) is 22.4. The molecule has 2 fully saturated rings. The van der Waals surface area contributed by atoms with Gasteiger partial charge in [-0.15, -0.1) is 0 Å². The van der Waals surface area contributed by atoms with Crippen LogP contribution in [0.2, 0.25) is 10.0 Å². The van der Waals surface area contributed by atoms with Crippen molar-refractivity contribution in [3.63, 3.8) is 0 Å². The molecule has 0 spiro atoms. The zero-order valence-electron chi connectivity index (χ0n) is 20.8. The maximum absolute atomic E-state index is 11.8. The highest BCUT2D eigenvalue weighted by Gasteiger charge is 2.30. The number of carbonyl (C=O) groups is 1. The van der Waals surface area contributed by atoms with Gasteiger partial charge in [-0.3, -0.25) is 4.79 Å². The second-order valence-electron chi connectivity index (χ2n) is 8.92. The third-order valence-electron chi connectivity index (χ3n) is 6.45. The number of benzene rings is 1. The van der Waals surface area contributed by atoms with Crippen LogP contribution in [0.3, 0.4) is 0 Å². The van der Waals surface area contributed by atoms with Crippen LogP contribution in [0.1, 0.15) is 0 Å². The molecular formula is C26H27Cl2N5O5. The highest BCUT2D eigenvalue weighted by molar-refractivity contribution is 6.41. The molecule has 0 bridgehead atoms. The van der Waals surface area contributed by atoms with E-state index in [0.29, 0.717) is 70.9 Å². The number of methoxy groups -OCH3 is 2. The number of pyridine rings is 2. The van der Waals surface area contributed by atoms with E-state index in [4.69, 9.17) is 47.1 Å². The van der Waals surface area contributed by atoms with Crippen molar-refractivity contribution < 1.29 is 23.7 Å². The lowest BCUT2D eigenvalue weighted by molar-refractivity contribution is -0.117. The third-order valence-corrected chi connectivity index (χ3v) is 7.20. The van der Waals surface area contributed by atoms with Gasteiger partial charge in [0.2, 0.25) is 5.91 Å². The van der Waals surface area contributed by atoms with Gasteiger partial charge in [0.05, 0.1) is 74.5 Å². The van der Waals surface area contributed by atoms with Crippen LogP contribution < -0.4 is 25.4 Å². The summed E-state index contributed by atoms with van der Waals surface area (Å²) in [5, 5.41) is 12.0. The Bertz CT molecular complexity index is 1360. The van der Waals surface area contributed by atoms with E-state index in [2.05, 4.69) is 27.5 Å². The number of fused-ring (bicyclic) bond motifs is 1. The minimum absolute atomic E-state index is 0.109. The average Bonchev–Trinajstić information content (AvgIpc) is 3.32. The van der Waals surface area contributed by atoms with Gasteiger partial charge in [-0.25, -0.2) is 9.97 Å². The van der Waals surface area contributed by atoms with Crippen molar-refractivity contribution in [1.29, 1.82) is 0 Å². The molecule has 5 rings (SSSR count). The van der Waals surface area contributed by atoms with Gasteiger partial charge in [-0.2, -0.15) is 0 Å². The minimum Gasteiger partial charge on any atom is -0.495 e. The first-order chi connectivity index (χ1) is 18.4. The van der Waals surface area contributed by atoms with Crippen molar-refractivity contribution in [2.24, 2.45) is 0 Å². The quantitative estimate of drug-likeness (QED) is 0.335. The number of nitrogens with one attached hydrogen (secondary N) is 3. The Kier molecular flexibility index (Phi) is 7.75. The van der Waals surface area contributed by atoms with Gasteiger partial charge in [0.25, 0.3) is 0 Å². The lowest BCUT2D eigenvalue weighted by atomic mass is 10.1. The molecule has 4 heterocycles. The molecule has 10 nitrogen and oxygen atoms in total. The summed E-state index contributed by atoms with van der Waals surface area (Å²) in [6.07, 6.45) is 2.99. The molecular weight excluding hydrogens is 533 g/mol. The molecule has 1 aromatic carbocycles. The number of nitrogens with zero attached hydrogens (tertiary/aromatic N) is 2. The number of hydrogen-bond donors (Lipinski definition) is 3. The second-order valence-corrected chi connectivity index (χ2v) is 9.67. The van der Waals surface area contributed by atoms with Crippen LogP contribution in [0.5, 0.6) is 11.5 Å². The fourth-order valence-electron chi connectivity index (χ4n) is 4.36. The van der Waals surface area contributed by atoms with Gasteiger partial charge in [-0.1, -0.05) is 29.8 Å². The maximum atomic E-state index is 11.8. The second kappa shape index (κ2) is 11.2. The smallest absolute Gasteiger partial charge is 0.243 e. The van der Waals surface area contributed by atoms with Crippen LogP contribution in [-0.4, -0.2) is 74.6 Å². The van der Waals surface area contributed by atoms with Gasteiger partial charge in [0.15, 0.2) is 0 Å². The van der Waals surface area contributed by atoms with Crippen LogP contribution in [-0.2, 0) is 14.3 Å². The Morgan fingerprint density at radius 1 is 1.03 bits per heavy atom. The van der Waals surface area contributed by atoms with E-state index in [-0.39, 0.29) is 24.0 Å². The Morgan fingerprint density at radius 3 is 2.34 bits per heavy atom. The monoisotopic (exact) mass is 559 g/mol. The molecule has 0 unspecified atom stereocenters. The molecule has 2 saturated heterocycles. The van der Waals surface area contributed by atoms with Crippen LogP contribution >= 0.6 is 23.2 Å². The first-order valence-corrected chi connectivity index (χ1v) is 12.7. The Hall–Kier alpha value is -3.31. The standard InChI is InChI=1S/C26H27Cl2N5O5/c1-4-22(34)32-18-12-38-11-17(18)31-21-6-15-13(8-29-21)5-16(33-26(15)30-14-9-37-10-14)23-24(27)19(35-2)7-20(36-3)25(23)28/h4-8,14,17-18H,1,9-12H2,2-3H3,(H,29,31)(H,30,33)(H,32,34)/t17-,18+/m1/s1. The molecule has 0 radical (unpaired) electrons. The number of hydrogen-bond acceptors (Lipinski definition) is 9. The van der Waals surface area contributed by atoms with Crippen molar-refractivity contribution in [2.45, 2.75) is 18.1 Å². The van der Waals surface area contributed by atoms with E-state index >= 15 is 0 Å². The van der Waals surface area contributed by atoms with Crippen molar-refractivity contribution in [2.75, 3.05) is 51.3 Å². The molecule has 0 saturated carbocycles. The van der Waals surface area contributed by atoms with Crippen LogP contribution in [0.4, 0.5) is 11.6 Å². The number of halogens is 2. The predicted molar refractivity (Wildman–Crippen MR) is 147 cm³/mol. The number of aromatic nitrogens is 2. The van der Waals surface area contributed by atoms with Gasteiger partial charge in [-0.05, 0) is 18.2 Å². The summed E-state index contributed by atoms with van der Waals surface area (Å²) in [5.41, 5.74) is 1.02. The number of ether oxygens (including phenoxy) is 4. The summed E-state index contributed by atoms with van der Waals surface area (Å²) < 4.78 is 21.8. The summed E-state index contributed by atoms with van der Waals surface area (Å²) in [5.74, 6) is 1.83. The van der Waals surface area contributed by atoms with Gasteiger partial charge in [0.1, 0.15) is 23.1 Å². The summed E-state index contributed by atoms with van der Waals surface area (Å²) in [6, 6.07) is 5.15. The van der Waals surface area contributed by atoms with E-state index in [9.17, 15) is 4.79 Å². The molecule has 12 heteroatoms. The fourth-order valence-corrected chi connectivity index (χ4v) is 5.05. The minimum atomic E-state index is -0.254. The average molecular weight is 560 g/mol. The van der Waals surface area contributed by atoms with Gasteiger partial charge >= 0.3 is 0 Å². The van der Waals surface area contributed by atoms with Crippen molar-refractivity contribution >= 4 is 51.5 Å². The first kappa shape index (κ1) is 26.3. The van der Waals surface area contributed by atoms with E-state index in [0.717, 1.165) is 10.8 Å². The van der Waals surface area contributed by atoms with Crippen LogP contribution in [0.25, 0.3) is 22.0 Å². The number of carbonyl (C=O) groups excluding carboxylic acids is 1. The molecule has 3 aromatic rings. The molecule has 2 aliphatic heterocycles. The molecule has 1 amide bonds. The molecule has 0 aliphatic carbocycles. The van der Waals surface area contributed by atoms with Crippen molar-refractivity contribution in [3.8, 4) is 22.8 Å². The summed E-state index contributed by atoms with van der Waals surface area (Å²) >= 11 is 13.4. The third kappa shape index (κ3) is 5.17. The summed E-state index contributed by atoms with van der Waals surface area (Å²) in [7, 11) is 3.05. The molecule has 38 heavy (non-hydrogen) atoms. The van der Waals surface area contributed by atoms with Crippen molar-refractivity contribution in [3.05, 3.63) is 47.1 Å². The lowest BCUT2D eigenvalue weighted by Crippen LogP contribution is -2.45. The summed E-state index contributed by atoms with van der Waals surface area (Å²) in [4.78, 5) is 21.3. The van der Waals surface area contributed by atoms with Crippen LogP contribution in [0.15, 0.2) is 37.1 Å². The lowest BCUT2D eigenvalue weighted by Gasteiger charge is -2.28. The fraction of sp³-hybridized carbons (Fsp3) is 0.346. The number of anilines is 2. The van der Waals surface area contributed by atoms with E-state index in [1.165, 1.54) is 20.3 Å². The van der Waals surface area contributed by atoms with Gasteiger partial charge < -0.3 is 34.9 Å². The highest BCUT2D eigenvalue weighted by Crippen LogP contribution is 2.46. The molecule has 200 valence electrons. The van der Waals surface area contributed by atoms with E-state index < -0.39 is 0 Å². The molecule has 2 atom stereocenters. The SMILES string of the molecule is C=CC(=O)N[C@H]1COC[C@H]1Nc1cc2c(NC3COC3)nc(-c3c(Cl)c(OC)cc(OC)c3Cl)cc2cn1. The Morgan fingerprint density at radius 2 is 1.71 bits per heavy atom. The molecule has 3 N–H and O–H groups in total. The summed E-state index contributed by atoms with van der Waals surface area (Å²) in [6.45, 7) is 5.48. The zero-order chi connectivity index (χ0) is 26.8. The number of rotatable bonds is 9. The molecule has 2 aliphatic rings. The topological polar surface area (TPSA) is 116 Å². The largest absolute Gasteiger partial charge is 0.495 e. The highest BCUT2D eigenvalue weighted by atomic mass is 35.5. The Labute approximate surface area is 229 Å². The van der Waals surface area contributed by atoms with Gasteiger partial charge in [0, 0.05) is 28.6 Å². The van der Waals surface area contributed by atoms with E-state index in [1.54, 1.807) is 12.3 Å². The predicted octanol–water partition coefficient (Wildman–Crippen LogP) is 3.91. The normalized spacial score (nSPS) is 19.1. The molecule has 2 aromatic heterocycles.